The molecule has 148 valence electrons. The zero-order valence-electron chi connectivity index (χ0n) is 16.1. The lowest BCUT2D eigenvalue weighted by molar-refractivity contribution is 0.0955. The minimum absolute atomic E-state index is 0.0249. The van der Waals surface area contributed by atoms with E-state index >= 15 is 0 Å². The number of phenols is 1. The van der Waals surface area contributed by atoms with Crippen molar-refractivity contribution in [3.63, 3.8) is 0 Å². The van der Waals surface area contributed by atoms with Gasteiger partial charge in [0.1, 0.15) is 0 Å². The summed E-state index contributed by atoms with van der Waals surface area (Å²) >= 11 is 0. The summed E-state index contributed by atoms with van der Waals surface area (Å²) in [4.78, 5) is 25.8. The largest absolute Gasteiger partial charge is 0.504 e. The molecular formula is C20H24N4O4. The standard InChI is InChI=1S/C20H24N4O4/c1-4-24(5-2)20(27)22-16-9-7-15(8-10-16)19(26)23-21-13-14-6-11-17(25)18(12-14)28-3/h6-13,25H,4-5H2,1-3H3,(H,22,27)(H,23,26)/b21-13-. The number of rotatable bonds is 7. The molecule has 0 fully saturated rings. The molecule has 0 saturated heterocycles. The molecule has 2 aromatic rings. The maximum atomic E-state index is 12.2. The molecule has 0 spiro atoms. The minimum Gasteiger partial charge on any atom is -0.504 e. The van der Waals surface area contributed by atoms with Crippen molar-refractivity contribution in [3.8, 4) is 11.5 Å². The van der Waals surface area contributed by atoms with Crippen LogP contribution < -0.4 is 15.5 Å². The summed E-state index contributed by atoms with van der Waals surface area (Å²) in [6, 6.07) is 11.1. The van der Waals surface area contributed by atoms with Gasteiger partial charge in [-0.1, -0.05) is 0 Å². The van der Waals surface area contributed by atoms with Gasteiger partial charge in [-0.3, -0.25) is 4.79 Å². The molecule has 3 amide bonds. The second-order valence-electron chi connectivity index (χ2n) is 5.81. The fourth-order valence-electron chi connectivity index (χ4n) is 2.42. The molecule has 0 radical (unpaired) electrons. The Morgan fingerprint density at radius 3 is 2.43 bits per heavy atom. The quantitative estimate of drug-likeness (QED) is 0.504. The fraction of sp³-hybridized carbons (Fsp3) is 0.250. The Morgan fingerprint density at radius 2 is 1.82 bits per heavy atom. The van der Waals surface area contributed by atoms with Crippen LogP contribution in [0.2, 0.25) is 0 Å². The second kappa shape index (κ2) is 9.96. The van der Waals surface area contributed by atoms with Gasteiger partial charge in [-0.05, 0) is 61.9 Å². The first-order valence-electron chi connectivity index (χ1n) is 8.84. The number of hydrogen-bond acceptors (Lipinski definition) is 5. The van der Waals surface area contributed by atoms with E-state index in [1.807, 2.05) is 13.8 Å². The van der Waals surface area contributed by atoms with E-state index in [2.05, 4.69) is 15.8 Å². The van der Waals surface area contributed by atoms with Gasteiger partial charge in [0.25, 0.3) is 5.91 Å². The molecule has 0 aromatic heterocycles. The zero-order chi connectivity index (χ0) is 20.5. The topological polar surface area (TPSA) is 103 Å². The van der Waals surface area contributed by atoms with Crippen molar-refractivity contribution in [1.29, 1.82) is 0 Å². The highest BCUT2D eigenvalue weighted by molar-refractivity contribution is 5.96. The van der Waals surface area contributed by atoms with Gasteiger partial charge in [-0.15, -0.1) is 0 Å². The lowest BCUT2D eigenvalue weighted by Gasteiger charge is -2.19. The average Bonchev–Trinajstić information content (AvgIpc) is 2.70. The molecule has 8 heteroatoms. The Morgan fingerprint density at radius 1 is 1.14 bits per heavy atom. The first-order valence-corrected chi connectivity index (χ1v) is 8.84. The SMILES string of the molecule is CCN(CC)C(=O)Nc1ccc(C(=O)N/N=C\c2ccc(O)c(OC)c2)cc1. The number of phenolic OH excluding ortho intramolecular Hbond substituents is 1. The summed E-state index contributed by atoms with van der Waals surface area (Å²) in [5.41, 5.74) is 4.09. The van der Waals surface area contributed by atoms with Crippen LogP contribution in [0.4, 0.5) is 10.5 Å². The molecule has 3 N–H and O–H groups in total. The predicted molar refractivity (Wildman–Crippen MR) is 108 cm³/mol. The Bertz CT molecular complexity index is 846. The average molecular weight is 384 g/mol. The van der Waals surface area contributed by atoms with Crippen molar-refractivity contribution in [2.75, 3.05) is 25.5 Å². The van der Waals surface area contributed by atoms with Gasteiger partial charge in [0, 0.05) is 24.3 Å². The van der Waals surface area contributed by atoms with E-state index < -0.39 is 0 Å². The molecule has 0 atom stereocenters. The van der Waals surface area contributed by atoms with Gasteiger partial charge < -0.3 is 20.1 Å². The molecule has 0 bridgehead atoms. The summed E-state index contributed by atoms with van der Waals surface area (Å²) in [6.45, 7) is 5.05. The van der Waals surface area contributed by atoms with Gasteiger partial charge in [-0.25, -0.2) is 10.2 Å². The van der Waals surface area contributed by atoms with Crippen molar-refractivity contribution < 1.29 is 19.4 Å². The molecule has 2 aromatic carbocycles. The zero-order valence-corrected chi connectivity index (χ0v) is 16.1. The molecule has 0 unspecified atom stereocenters. The number of hydrazone groups is 1. The van der Waals surface area contributed by atoms with Gasteiger partial charge in [0.05, 0.1) is 13.3 Å². The molecule has 0 heterocycles. The number of carbonyl (C=O) groups excluding carboxylic acids is 2. The van der Waals surface area contributed by atoms with Crippen LogP contribution in [-0.4, -0.2) is 48.4 Å². The van der Waals surface area contributed by atoms with E-state index in [0.717, 1.165) is 0 Å². The molecule has 28 heavy (non-hydrogen) atoms. The van der Waals surface area contributed by atoms with E-state index in [9.17, 15) is 14.7 Å². The Labute approximate surface area is 163 Å². The van der Waals surface area contributed by atoms with Crippen LogP contribution in [0.1, 0.15) is 29.8 Å². The van der Waals surface area contributed by atoms with Gasteiger partial charge >= 0.3 is 6.03 Å². The highest BCUT2D eigenvalue weighted by atomic mass is 16.5. The van der Waals surface area contributed by atoms with Crippen LogP contribution in [0.3, 0.4) is 0 Å². The smallest absolute Gasteiger partial charge is 0.321 e. The number of methoxy groups -OCH3 is 1. The number of anilines is 1. The van der Waals surface area contributed by atoms with Crippen LogP contribution in [0.15, 0.2) is 47.6 Å². The molecule has 0 aliphatic rings. The predicted octanol–water partition coefficient (Wildman–Crippen LogP) is 3.04. The summed E-state index contributed by atoms with van der Waals surface area (Å²) in [7, 11) is 1.45. The number of urea groups is 1. The summed E-state index contributed by atoms with van der Waals surface area (Å²) < 4.78 is 5.02. The van der Waals surface area contributed by atoms with Crippen molar-refractivity contribution >= 4 is 23.8 Å². The van der Waals surface area contributed by atoms with Crippen molar-refractivity contribution in [1.82, 2.24) is 10.3 Å². The van der Waals surface area contributed by atoms with Crippen LogP contribution >= 0.6 is 0 Å². The lowest BCUT2D eigenvalue weighted by atomic mass is 10.2. The van der Waals surface area contributed by atoms with Crippen LogP contribution in [0.5, 0.6) is 11.5 Å². The third-order valence-electron chi connectivity index (χ3n) is 4.03. The van der Waals surface area contributed by atoms with Crippen LogP contribution in [0.25, 0.3) is 0 Å². The maximum absolute atomic E-state index is 12.2. The highest BCUT2D eigenvalue weighted by Crippen LogP contribution is 2.25. The summed E-state index contributed by atoms with van der Waals surface area (Å²) in [5, 5.41) is 16.2. The summed E-state index contributed by atoms with van der Waals surface area (Å²) in [5.74, 6) is -0.0434. The van der Waals surface area contributed by atoms with E-state index in [1.165, 1.54) is 19.4 Å². The third kappa shape index (κ3) is 5.47. The van der Waals surface area contributed by atoms with Crippen LogP contribution in [0, 0.1) is 0 Å². The molecule has 8 nitrogen and oxygen atoms in total. The fourth-order valence-corrected chi connectivity index (χ4v) is 2.42. The Hall–Kier alpha value is -3.55. The Kier molecular flexibility index (Phi) is 7.38. The van der Waals surface area contributed by atoms with Crippen molar-refractivity contribution in [2.24, 2.45) is 5.10 Å². The number of nitrogens with one attached hydrogen (secondary N) is 2. The second-order valence-corrected chi connectivity index (χ2v) is 5.81. The minimum atomic E-state index is -0.386. The number of nitrogens with zero attached hydrogens (tertiary/aromatic N) is 2. The molecule has 0 aliphatic carbocycles. The molecular weight excluding hydrogens is 360 g/mol. The van der Waals surface area contributed by atoms with Crippen molar-refractivity contribution in [3.05, 3.63) is 53.6 Å². The first-order chi connectivity index (χ1) is 13.5. The van der Waals surface area contributed by atoms with Crippen molar-refractivity contribution in [2.45, 2.75) is 13.8 Å². The van der Waals surface area contributed by atoms with Crippen LogP contribution in [-0.2, 0) is 0 Å². The maximum Gasteiger partial charge on any atom is 0.321 e. The van der Waals surface area contributed by atoms with Gasteiger partial charge in [0.15, 0.2) is 11.5 Å². The number of amides is 3. The van der Waals surface area contributed by atoms with E-state index in [4.69, 9.17) is 4.74 Å². The number of carbonyl (C=O) groups is 2. The number of benzene rings is 2. The lowest BCUT2D eigenvalue weighted by Crippen LogP contribution is -2.34. The first kappa shape index (κ1) is 20.8. The number of ether oxygens (including phenoxy) is 1. The summed E-state index contributed by atoms with van der Waals surface area (Å²) in [6.07, 6.45) is 1.44. The monoisotopic (exact) mass is 384 g/mol. The Balaban J connectivity index is 1.95. The van der Waals surface area contributed by atoms with E-state index in [-0.39, 0.29) is 17.7 Å². The third-order valence-corrected chi connectivity index (χ3v) is 4.03. The number of aromatic hydroxyl groups is 1. The van der Waals surface area contributed by atoms with Gasteiger partial charge in [0.2, 0.25) is 0 Å². The molecule has 0 aliphatic heterocycles. The number of hydrogen-bond donors (Lipinski definition) is 3. The molecule has 0 saturated carbocycles. The highest BCUT2D eigenvalue weighted by Gasteiger charge is 2.10. The normalized spacial score (nSPS) is 10.5. The van der Waals surface area contributed by atoms with Gasteiger partial charge in [-0.2, -0.15) is 5.10 Å². The van der Waals surface area contributed by atoms with E-state index in [0.29, 0.717) is 35.7 Å². The molecule has 2 rings (SSSR count). The van der Waals surface area contributed by atoms with E-state index in [1.54, 1.807) is 41.3 Å².